The summed E-state index contributed by atoms with van der Waals surface area (Å²) in [6, 6.07) is 0.681. The summed E-state index contributed by atoms with van der Waals surface area (Å²) in [6.45, 7) is 5.18. The maximum Gasteiger partial charge on any atom is 0.171 e. The molecule has 78 valence electrons. The van der Waals surface area contributed by atoms with Crippen molar-refractivity contribution in [1.29, 1.82) is 0 Å². The zero-order valence-corrected chi connectivity index (χ0v) is 8.88. The Morgan fingerprint density at radius 3 is 2.71 bits per heavy atom. The predicted octanol–water partition coefficient (Wildman–Crippen LogP) is 1.68. The van der Waals surface area contributed by atoms with Gasteiger partial charge in [-0.1, -0.05) is 6.92 Å². The lowest BCUT2D eigenvalue weighted by atomic mass is 10.4. The van der Waals surface area contributed by atoms with Crippen LogP contribution < -0.4 is 10.6 Å². The first kappa shape index (κ1) is 9.37. The molecule has 1 heterocycles. The first-order valence-electron chi connectivity index (χ1n) is 5.31. The number of nitrogens with one attached hydrogen (secondary N) is 1. The van der Waals surface area contributed by atoms with Gasteiger partial charge in [0.25, 0.3) is 0 Å². The van der Waals surface area contributed by atoms with Gasteiger partial charge in [0, 0.05) is 12.6 Å². The molecule has 2 rings (SSSR count). The van der Waals surface area contributed by atoms with E-state index in [-0.39, 0.29) is 0 Å². The molecule has 0 spiro atoms. The topological polar surface area (TPSA) is 57.9 Å². The summed E-state index contributed by atoms with van der Waals surface area (Å²) < 4.78 is 0. The minimum absolute atomic E-state index is 0.681. The van der Waals surface area contributed by atoms with Crippen LogP contribution in [0, 0.1) is 6.92 Å². The van der Waals surface area contributed by atoms with Crippen molar-refractivity contribution in [2.24, 2.45) is 0 Å². The van der Waals surface area contributed by atoms with Crippen LogP contribution in [0.1, 0.15) is 32.0 Å². The minimum atomic E-state index is 0.681. The van der Waals surface area contributed by atoms with Crippen LogP contribution in [0.15, 0.2) is 0 Å². The Bertz CT molecular complexity index is 314. The molecule has 0 amide bonds. The maximum absolute atomic E-state index is 5.88. The fourth-order valence-corrected chi connectivity index (χ4v) is 1.81. The second-order valence-corrected chi connectivity index (χ2v) is 3.98. The standard InChI is InChI=1S/C10H18N4/c1-3-6-14(8-4-5-8)10-9(11)12-7(2)13-10/h8H,3-6,11H2,1-2H3,(H,12,13). The second-order valence-electron chi connectivity index (χ2n) is 3.98. The quantitative estimate of drug-likeness (QED) is 0.766. The van der Waals surface area contributed by atoms with Gasteiger partial charge in [0.15, 0.2) is 5.82 Å². The number of hydrogen-bond donors (Lipinski definition) is 2. The van der Waals surface area contributed by atoms with Crippen LogP contribution in [0.2, 0.25) is 0 Å². The van der Waals surface area contributed by atoms with Crippen molar-refractivity contribution in [3.05, 3.63) is 5.82 Å². The average Bonchev–Trinajstić information content (AvgIpc) is 2.89. The highest BCUT2D eigenvalue weighted by Gasteiger charge is 2.31. The van der Waals surface area contributed by atoms with Crippen LogP contribution in [-0.2, 0) is 0 Å². The molecule has 1 saturated carbocycles. The van der Waals surface area contributed by atoms with Crippen LogP contribution in [0.25, 0.3) is 0 Å². The summed E-state index contributed by atoms with van der Waals surface area (Å²) in [5, 5.41) is 0. The minimum Gasteiger partial charge on any atom is -0.382 e. The van der Waals surface area contributed by atoms with Crippen molar-refractivity contribution in [3.63, 3.8) is 0 Å². The number of aromatic amines is 1. The molecule has 0 saturated heterocycles. The number of imidazole rings is 1. The Morgan fingerprint density at radius 2 is 2.29 bits per heavy atom. The van der Waals surface area contributed by atoms with E-state index < -0.39 is 0 Å². The third-order valence-electron chi connectivity index (χ3n) is 2.55. The molecule has 0 aliphatic heterocycles. The Morgan fingerprint density at radius 1 is 1.57 bits per heavy atom. The summed E-state index contributed by atoms with van der Waals surface area (Å²) in [5.41, 5.74) is 5.88. The summed E-state index contributed by atoms with van der Waals surface area (Å²) in [4.78, 5) is 9.82. The molecule has 0 unspecified atom stereocenters. The molecule has 3 N–H and O–H groups in total. The monoisotopic (exact) mass is 194 g/mol. The molecule has 1 aliphatic carbocycles. The molecule has 0 atom stereocenters. The number of H-pyrrole nitrogens is 1. The summed E-state index contributed by atoms with van der Waals surface area (Å²) in [5.74, 6) is 2.56. The number of nitrogen functional groups attached to an aromatic ring is 1. The van der Waals surface area contributed by atoms with Gasteiger partial charge < -0.3 is 15.6 Å². The Hall–Kier alpha value is -1.19. The Labute approximate surface area is 84.5 Å². The average molecular weight is 194 g/mol. The number of aryl methyl sites for hydroxylation is 1. The number of aromatic nitrogens is 2. The van der Waals surface area contributed by atoms with Crippen molar-refractivity contribution in [3.8, 4) is 0 Å². The van der Waals surface area contributed by atoms with Gasteiger partial charge in [-0.2, -0.15) is 0 Å². The van der Waals surface area contributed by atoms with Gasteiger partial charge in [-0.25, -0.2) is 4.98 Å². The lowest BCUT2D eigenvalue weighted by molar-refractivity contribution is 0.753. The molecule has 1 fully saturated rings. The van der Waals surface area contributed by atoms with Crippen molar-refractivity contribution in [2.75, 3.05) is 17.2 Å². The SMILES string of the molecule is CCCN(c1nc(C)[nH]c1N)C1CC1. The van der Waals surface area contributed by atoms with E-state index in [0.29, 0.717) is 11.9 Å². The fourth-order valence-electron chi connectivity index (χ4n) is 1.81. The third kappa shape index (κ3) is 1.69. The van der Waals surface area contributed by atoms with E-state index >= 15 is 0 Å². The Balaban J connectivity index is 2.20. The lowest BCUT2D eigenvalue weighted by Crippen LogP contribution is -2.27. The van der Waals surface area contributed by atoms with Crippen LogP contribution in [0.4, 0.5) is 11.6 Å². The normalized spacial score (nSPS) is 15.9. The van der Waals surface area contributed by atoms with Crippen LogP contribution in [0.5, 0.6) is 0 Å². The number of nitrogens with two attached hydrogens (primary N) is 1. The summed E-state index contributed by atoms with van der Waals surface area (Å²) in [7, 11) is 0. The van der Waals surface area contributed by atoms with Gasteiger partial charge >= 0.3 is 0 Å². The highest BCUT2D eigenvalue weighted by molar-refractivity contribution is 5.60. The third-order valence-corrected chi connectivity index (χ3v) is 2.55. The first-order valence-corrected chi connectivity index (χ1v) is 5.31. The van der Waals surface area contributed by atoms with E-state index in [1.54, 1.807) is 0 Å². The molecular formula is C10H18N4. The van der Waals surface area contributed by atoms with Gasteiger partial charge in [0.1, 0.15) is 11.6 Å². The van der Waals surface area contributed by atoms with Crippen LogP contribution in [-0.4, -0.2) is 22.6 Å². The van der Waals surface area contributed by atoms with Gasteiger partial charge in [-0.15, -0.1) is 0 Å². The molecule has 14 heavy (non-hydrogen) atoms. The molecule has 0 radical (unpaired) electrons. The van der Waals surface area contributed by atoms with E-state index in [0.717, 1.165) is 24.6 Å². The zero-order valence-electron chi connectivity index (χ0n) is 8.88. The molecule has 4 nitrogen and oxygen atoms in total. The highest BCUT2D eigenvalue weighted by Crippen LogP contribution is 2.33. The Kier molecular flexibility index (Phi) is 2.35. The predicted molar refractivity (Wildman–Crippen MR) is 58.4 cm³/mol. The van der Waals surface area contributed by atoms with Crippen molar-refractivity contribution < 1.29 is 0 Å². The molecule has 4 heteroatoms. The van der Waals surface area contributed by atoms with E-state index in [2.05, 4.69) is 21.8 Å². The second kappa shape index (κ2) is 3.52. The maximum atomic E-state index is 5.88. The highest BCUT2D eigenvalue weighted by atomic mass is 15.3. The first-order chi connectivity index (χ1) is 6.72. The molecule has 0 aromatic carbocycles. The summed E-state index contributed by atoms with van der Waals surface area (Å²) in [6.07, 6.45) is 3.71. The smallest absolute Gasteiger partial charge is 0.171 e. The van der Waals surface area contributed by atoms with Crippen LogP contribution in [0.3, 0.4) is 0 Å². The largest absolute Gasteiger partial charge is 0.382 e. The van der Waals surface area contributed by atoms with Gasteiger partial charge in [-0.3, -0.25) is 0 Å². The number of nitrogens with zero attached hydrogens (tertiary/aromatic N) is 2. The van der Waals surface area contributed by atoms with Crippen molar-refractivity contribution >= 4 is 11.6 Å². The van der Waals surface area contributed by atoms with E-state index in [4.69, 9.17) is 5.73 Å². The number of rotatable bonds is 4. The van der Waals surface area contributed by atoms with E-state index in [1.165, 1.54) is 12.8 Å². The zero-order chi connectivity index (χ0) is 10.1. The van der Waals surface area contributed by atoms with Crippen molar-refractivity contribution in [1.82, 2.24) is 9.97 Å². The fraction of sp³-hybridized carbons (Fsp3) is 0.700. The number of hydrogen-bond acceptors (Lipinski definition) is 3. The lowest BCUT2D eigenvalue weighted by Gasteiger charge is -2.21. The van der Waals surface area contributed by atoms with Gasteiger partial charge in [0.05, 0.1) is 0 Å². The van der Waals surface area contributed by atoms with E-state index in [1.807, 2.05) is 6.92 Å². The molecule has 1 aromatic heterocycles. The molecular weight excluding hydrogens is 176 g/mol. The van der Waals surface area contributed by atoms with Gasteiger partial charge in [0.2, 0.25) is 0 Å². The number of anilines is 2. The van der Waals surface area contributed by atoms with Crippen LogP contribution >= 0.6 is 0 Å². The van der Waals surface area contributed by atoms with Gasteiger partial charge in [-0.05, 0) is 26.2 Å². The van der Waals surface area contributed by atoms with E-state index in [9.17, 15) is 0 Å². The molecule has 0 bridgehead atoms. The summed E-state index contributed by atoms with van der Waals surface area (Å²) >= 11 is 0. The molecule has 1 aromatic rings. The molecule has 1 aliphatic rings. The van der Waals surface area contributed by atoms with Crippen molar-refractivity contribution in [2.45, 2.75) is 39.2 Å².